The van der Waals surface area contributed by atoms with Crippen LogP contribution in [0.4, 0.5) is 0 Å². The maximum Gasteiger partial charge on any atom is 0.124 e. The maximum absolute atomic E-state index is 10.6. The van der Waals surface area contributed by atoms with Gasteiger partial charge in [-0.2, -0.15) is 0 Å². The van der Waals surface area contributed by atoms with Crippen molar-refractivity contribution in [2.45, 2.75) is 64.8 Å². The summed E-state index contributed by atoms with van der Waals surface area (Å²) in [6.07, 6.45) is 0.449. The third kappa shape index (κ3) is 4.87. The first kappa shape index (κ1) is 20.2. The number of phenolic OH excluding ortho intramolecular Hbond substituents is 1. The maximum atomic E-state index is 10.6. The Morgan fingerprint density at radius 1 is 1.05 bits per heavy atom. The molecular weight excluding hydrogens is 286 g/mol. The van der Waals surface area contributed by atoms with E-state index in [1.807, 2.05) is 6.07 Å². The van der Waals surface area contributed by atoms with E-state index < -0.39 is 0 Å². The second-order valence-electron chi connectivity index (χ2n) is 7.58. The standard InChI is InChI=1S/C17H29NO2.ClH/c1-16(2,3)11-9-12(14(18)7-8-19)15(20)13(10-11)17(4,5)6;/h9-10,14,19-20H,7-8,18H2,1-6H3;1H/t14-;/m1./s1. The Kier molecular flexibility index (Phi) is 6.74. The van der Waals surface area contributed by atoms with Crippen LogP contribution in [-0.4, -0.2) is 16.8 Å². The predicted molar refractivity (Wildman–Crippen MR) is 91.4 cm³/mol. The van der Waals surface area contributed by atoms with Gasteiger partial charge in [0.2, 0.25) is 0 Å². The summed E-state index contributed by atoms with van der Waals surface area (Å²) >= 11 is 0. The summed E-state index contributed by atoms with van der Waals surface area (Å²) in [5.74, 6) is 0.270. The van der Waals surface area contributed by atoms with Gasteiger partial charge in [0.05, 0.1) is 0 Å². The molecule has 1 atom stereocenters. The second kappa shape index (κ2) is 6.99. The van der Waals surface area contributed by atoms with Crippen LogP contribution in [0.3, 0.4) is 0 Å². The number of phenols is 1. The van der Waals surface area contributed by atoms with E-state index in [1.54, 1.807) is 0 Å². The Hall–Kier alpha value is -0.770. The lowest BCUT2D eigenvalue weighted by Crippen LogP contribution is -2.20. The molecule has 4 heteroatoms. The fourth-order valence-corrected chi connectivity index (χ4v) is 2.24. The normalized spacial score (nSPS) is 13.7. The zero-order valence-corrected chi connectivity index (χ0v) is 14.8. The minimum Gasteiger partial charge on any atom is -0.507 e. The van der Waals surface area contributed by atoms with Crippen molar-refractivity contribution in [3.63, 3.8) is 0 Å². The lowest BCUT2D eigenvalue weighted by atomic mass is 9.78. The van der Waals surface area contributed by atoms with Crippen LogP contribution in [-0.2, 0) is 10.8 Å². The number of halogens is 1. The zero-order valence-electron chi connectivity index (χ0n) is 14.0. The lowest BCUT2D eigenvalue weighted by molar-refractivity contribution is 0.275. The summed E-state index contributed by atoms with van der Waals surface area (Å²) in [5.41, 5.74) is 8.74. The monoisotopic (exact) mass is 315 g/mol. The van der Waals surface area contributed by atoms with Gasteiger partial charge in [0, 0.05) is 18.2 Å². The van der Waals surface area contributed by atoms with E-state index in [1.165, 1.54) is 0 Å². The van der Waals surface area contributed by atoms with E-state index in [0.29, 0.717) is 6.42 Å². The molecule has 0 fully saturated rings. The molecule has 0 aromatic heterocycles. The third-order valence-corrected chi connectivity index (χ3v) is 3.65. The molecule has 0 saturated carbocycles. The van der Waals surface area contributed by atoms with Gasteiger partial charge in [0.1, 0.15) is 5.75 Å². The highest BCUT2D eigenvalue weighted by atomic mass is 35.5. The van der Waals surface area contributed by atoms with E-state index >= 15 is 0 Å². The SMILES string of the molecule is CC(C)(C)c1cc([C@H](N)CCO)c(O)c(C(C)(C)C)c1.Cl. The Bertz CT molecular complexity index is 473. The number of nitrogens with two attached hydrogens (primary N) is 1. The van der Waals surface area contributed by atoms with Crippen molar-refractivity contribution in [1.29, 1.82) is 0 Å². The number of aliphatic hydroxyl groups excluding tert-OH is 1. The predicted octanol–water partition coefficient (Wildman–Crippen LogP) is 3.79. The first-order valence-corrected chi connectivity index (χ1v) is 7.22. The van der Waals surface area contributed by atoms with Crippen molar-refractivity contribution in [3.8, 4) is 5.75 Å². The van der Waals surface area contributed by atoms with Crippen molar-refractivity contribution in [2.75, 3.05) is 6.61 Å². The van der Waals surface area contributed by atoms with Crippen LogP contribution in [0.25, 0.3) is 0 Å². The highest BCUT2D eigenvalue weighted by molar-refractivity contribution is 5.85. The minimum atomic E-state index is -0.344. The molecular formula is C17H30ClNO2. The molecule has 0 aliphatic carbocycles. The van der Waals surface area contributed by atoms with E-state index in [2.05, 4.69) is 47.6 Å². The minimum absolute atomic E-state index is 0. The molecule has 3 nitrogen and oxygen atoms in total. The summed E-state index contributed by atoms with van der Waals surface area (Å²) in [4.78, 5) is 0. The molecule has 0 amide bonds. The van der Waals surface area contributed by atoms with Gasteiger partial charge in [-0.25, -0.2) is 0 Å². The van der Waals surface area contributed by atoms with E-state index in [0.717, 1.165) is 16.7 Å². The van der Waals surface area contributed by atoms with Crippen LogP contribution in [0.5, 0.6) is 5.75 Å². The molecule has 0 radical (unpaired) electrons. The average molecular weight is 316 g/mol. The number of aliphatic hydroxyl groups is 1. The van der Waals surface area contributed by atoms with Crippen LogP contribution < -0.4 is 5.73 Å². The van der Waals surface area contributed by atoms with E-state index in [-0.39, 0.29) is 41.6 Å². The molecule has 21 heavy (non-hydrogen) atoms. The van der Waals surface area contributed by atoms with Crippen LogP contribution in [0, 0.1) is 0 Å². The molecule has 0 unspecified atom stereocenters. The second-order valence-corrected chi connectivity index (χ2v) is 7.58. The van der Waals surface area contributed by atoms with Crippen molar-refractivity contribution in [2.24, 2.45) is 5.73 Å². The third-order valence-electron chi connectivity index (χ3n) is 3.65. The number of aromatic hydroxyl groups is 1. The Balaban J connectivity index is 0.00000400. The van der Waals surface area contributed by atoms with Gasteiger partial charge in [-0.1, -0.05) is 47.6 Å². The summed E-state index contributed by atoms with van der Waals surface area (Å²) in [7, 11) is 0. The Morgan fingerprint density at radius 3 is 1.95 bits per heavy atom. The van der Waals surface area contributed by atoms with Crippen molar-refractivity contribution in [1.82, 2.24) is 0 Å². The van der Waals surface area contributed by atoms with Gasteiger partial charge >= 0.3 is 0 Å². The molecule has 1 rings (SSSR count). The summed E-state index contributed by atoms with van der Waals surface area (Å²) in [6.45, 7) is 12.7. The van der Waals surface area contributed by atoms with Gasteiger partial charge in [-0.15, -0.1) is 12.4 Å². The molecule has 0 saturated heterocycles. The van der Waals surface area contributed by atoms with Crippen LogP contribution in [0.1, 0.15) is 70.7 Å². The van der Waals surface area contributed by atoms with Crippen molar-refractivity contribution < 1.29 is 10.2 Å². The van der Waals surface area contributed by atoms with Gasteiger partial charge < -0.3 is 15.9 Å². The summed E-state index contributed by atoms with van der Waals surface area (Å²) in [6, 6.07) is 3.71. The van der Waals surface area contributed by atoms with E-state index in [4.69, 9.17) is 10.8 Å². The number of rotatable bonds is 3. The Labute approximate surface area is 135 Å². The fourth-order valence-electron chi connectivity index (χ4n) is 2.24. The van der Waals surface area contributed by atoms with Crippen molar-refractivity contribution >= 4 is 12.4 Å². The Morgan fingerprint density at radius 2 is 1.57 bits per heavy atom. The molecule has 0 aliphatic rings. The highest BCUT2D eigenvalue weighted by Crippen LogP contribution is 2.39. The summed E-state index contributed by atoms with van der Waals surface area (Å²) in [5, 5.41) is 19.6. The largest absolute Gasteiger partial charge is 0.507 e. The molecule has 0 aliphatic heterocycles. The molecule has 1 aromatic carbocycles. The van der Waals surface area contributed by atoms with Crippen molar-refractivity contribution in [3.05, 3.63) is 28.8 Å². The number of benzene rings is 1. The number of hydrogen-bond donors (Lipinski definition) is 3. The van der Waals surface area contributed by atoms with Gasteiger partial charge in [0.25, 0.3) is 0 Å². The van der Waals surface area contributed by atoms with Crippen LogP contribution in [0.2, 0.25) is 0 Å². The smallest absolute Gasteiger partial charge is 0.124 e. The zero-order chi connectivity index (χ0) is 15.7. The molecule has 4 N–H and O–H groups in total. The topological polar surface area (TPSA) is 66.5 Å². The molecule has 0 heterocycles. The van der Waals surface area contributed by atoms with Gasteiger partial charge in [-0.05, 0) is 34.4 Å². The van der Waals surface area contributed by atoms with E-state index in [9.17, 15) is 5.11 Å². The lowest BCUT2D eigenvalue weighted by Gasteiger charge is -2.28. The molecule has 1 aromatic rings. The molecule has 122 valence electrons. The van der Waals surface area contributed by atoms with Crippen LogP contribution in [0.15, 0.2) is 12.1 Å². The quantitative estimate of drug-likeness (QED) is 0.795. The first-order valence-electron chi connectivity index (χ1n) is 7.22. The first-order chi connectivity index (χ1) is 8.98. The van der Waals surface area contributed by atoms with Crippen LogP contribution >= 0.6 is 12.4 Å². The van der Waals surface area contributed by atoms with Gasteiger partial charge in [0.15, 0.2) is 0 Å². The molecule has 0 spiro atoms. The molecule has 0 bridgehead atoms. The number of hydrogen-bond acceptors (Lipinski definition) is 3. The average Bonchev–Trinajstić information content (AvgIpc) is 2.26. The fraction of sp³-hybridized carbons (Fsp3) is 0.647. The van der Waals surface area contributed by atoms with Gasteiger partial charge in [-0.3, -0.25) is 0 Å². The summed E-state index contributed by atoms with van der Waals surface area (Å²) < 4.78 is 0. The highest BCUT2D eigenvalue weighted by Gasteiger charge is 2.26.